The molecule has 0 bridgehead atoms. The maximum Gasteiger partial charge on any atom is 0.289 e. The topological polar surface area (TPSA) is 136 Å². The second-order valence-electron chi connectivity index (χ2n) is 6.74. The predicted molar refractivity (Wildman–Crippen MR) is 125 cm³/mol. The molecule has 0 saturated carbocycles. The number of nitrogens with zero attached hydrogens (tertiary/aromatic N) is 3. The lowest BCUT2D eigenvalue weighted by Gasteiger charge is -2.14. The SMILES string of the molecule is COc1cccc(Nc2nc3ccccc3nc2NS(=O)(=O)c2ccc(Cl)c([N+](=O)[O-])c2)c1. The van der Waals surface area contributed by atoms with E-state index in [1.807, 2.05) is 0 Å². The molecule has 2 N–H and O–H groups in total. The third-order valence-corrected chi connectivity index (χ3v) is 6.21. The molecule has 0 aliphatic carbocycles. The second kappa shape index (κ2) is 8.88. The monoisotopic (exact) mass is 485 g/mol. The van der Waals surface area contributed by atoms with E-state index in [4.69, 9.17) is 16.3 Å². The zero-order valence-corrected chi connectivity index (χ0v) is 18.6. The molecule has 0 aliphatic heterocycles. The molecule has 168 valence electrons. The number of nitro benzene ring substituents is 1. The summed E-state index contributed by atoms with van der Waals surface area (Å²) < 4.78 is 33.7. The van der Waals surface area contributed by atoms with E-state index in [0.29, 0.717) is 22.5 Å². The Labute approximate surface area is 193 Å². The Hall–Kier alpha value is -3.96. The van der Waals surface area contributed by atoms with E-state index < -0.39 is 20.6 Å². The van der Waals surface area contributed by atoms with Gasteiger partial charge in [-0.1, -0.05) is 29.8 Å². The van der Waals surface area contributed by atoms with Gasteiger partial charge in [-0.2, -0.15) is 0 Å². The molecule has 0 saturated heterocycles. The third kappa shape index (κ3) is 4.78. The summed E-state index contributed by atoms with van der Waals surface area (Å²) in [6.45, 7) is 0. The Bertz CT molecular complexity index is 1480. The van der Waals surface area contributed by atoms with Gasteiger partial charge in [0.25, 0.3) is 15.7 Å². The Morgan fingerprint density at radius 3 is 2.33 bits per heavy atom. The average molecular weight is 486 g/mol. The molecule has 0 atom stereocenters. The minimum Gasteiger partial charge on any atom is -0.497 e. The third-order valence-electron chi connectivity index (χ3n) is 4.56. The maximum absolute atomic E-state index is 13.0. The fraction of sp³-hybridized carbons (Fsp3) is 0.0476. The van der Waals surface area contributed by atoms with Crippen LogP contribution in [0.5, 0.6) is 5.75 Å². The van der Waals surface area contributed by atoms with Gasteiger partial charge in [0, 0.05) is 17.8 Å². The normalized spacial score (nSPS) is 11.2. The van der Waals surface area contributed by atoms with Crippen LogP contribution in [0.4, 0.5) is 23.0 Å². The van der Waals surface area contributed by atoms with Crippen molar-refractivity contribution in [3.05, 3.63) is 81.9 Å². The van der Waals surface area contributed by atoms with Crippen molar-refractivity contribution >= 4 is 55.7 Å². The zero-order valence-electron chi connectivity index (χ0n) is 17.0. The number of hydrogen-bond donors (Lipinski definition) is 2. The lowest BCUT2D eigenvalue weighted by Crippen LogP contribution is -2.16. The molecule has 4 aromatic rings. The molecule has 4 rings (SSSR count). The molecule has 0 unspecified atom stereocenters. The highest BCUT2D eigenvalue weighted by Gasteiger charge is 2.23. The van der Waals surface area contributed by atoms with Gasteiger partial charge in [-0.15, -0.1) is 0 Å². The van der Waals surface area contributed by atoms with Gasteiger partial charge in [0.2, 0.25) is 0 Å². The number of ether oxygens (including phenoxy) is 1. The van der Waals surface area contributed by atoms with Crippen molar-refractivity contribution in [3.63, 3.8) is 0 Å². The van der Waals surface area contributed by atoms with Crippen LogP contribution in [0.3, 0.4) is 0 Å². The Kier molecular flexibility index (Phi) is 5.99. The number of nitro groups is 1. The number of benzene rings is 3. The summed E-state index contributed by atoms with van der Waals surface area (Å²) in [6, 6.07) is 17.1. The summed E-state index contributed by atoms with van der Waals surface area (Å²) in [5.74, 6) is 0.632. The number of sulfonamides is 1. The largest absolute Gasteiger partial charge is 0.497 e. The molecule has 10 nitrogen and oxygen atoms in total. The summed E-state index contributed by atoms with van der Waals surface area (Å²) in [5.41, 5.74) is 1.04. The van der Waals surface area contributed by atoms with E-state index in [1.54, 1.807) is 48.5 Å². The van der Waals surface area contributed by atoms with Crippen LogP contribution < -0.4 is 14.8 Å². The van der Waals surface area contributed by atoms with Crippen LogP contribution in [0.25, 0.3) is 11.0 Å². The highest BCUT2D eigenvalue weighted by atomic mass is 35.5. The van der Waals surface area contributed by atoms with Crippen molar-refractivity contribution in [2.45, 2.75) is 4.90 Å². The van der Waals surface area contributed by atoms with Gasteiger partial charge in [-0.05, 0) is 36.4 Å². The van der Waals surface area contributed by atoms with E-state index in [-0.39, 0.29) is 21.6 Å². The number of methoxy groups -OCH3 is 1. The molecule has 0 fully saturated rings. The summed E-state index contributed by atoms with van der Waals surface area (Å²) in [4.78, 5) is 19.0. The first kappa shape index (κ1) is 22.2. The quantitative estimate of drug-likeness (QED) is 0.283. The molecular formula is C21H16ClN5O5S. The molecule has 0 amide bonds. The van der Waals surface area contributed by atoms with Crippen molar-refractivity contribution in [1.29, 1.82) is 0 Å². The van der Waals surface area contributed by atoms with Gasteiger partial charge in [0.05, 0.1) is 28.0 Å². The van der Waals surface area contributed by atoms with Crippen LogP contribution in [-0.2, 0) is 10.0 Å². The minimum absolute atomic E-state index is 0.0888. The van der Waals surface area contributed by atoms with Crippen LogP contribution in [0.1, 0.15) is 0 Å². The van der Waals surface area contributed by atoms with Crippen molar-refractivity contribution < 1.29 is 18.1 Å². The number of nitrogens with one attached hydrogen (secondary N) is 2. The summed E-state index contributed by atoms with van der Waals surface area (Å²) in [7, 11) is -2.74. The first-order chi connectivity index (χ1) is 15.8. The number of hydrogen-bond acceptors (Lipinski definition) is 8. The first-order valence-electron chi connectivity index (χ1n) is 9.41. The molecular weight excluding hydrogens is 470 g/mol. The summed E-state index contributed by atoms with van der Waals surface area (Å²) >= 11 is 5.81. The standard InChI is InChI=1S/C21H16ClN5O5S/c1-32-14-6-4-5-13(11-14)23-20-21(25-18-8-3-2-7-17(18)24-20)26-33(30,31)15-9-10-16(22)19(12-15)27(28)29/h2-12H,1H3,(H,23,24)(H,25,26). The van der Waals surface area contributed by atoms with Gasteiger partial charge >= 0.3 is 0 Å². The Balaban J connectivity index is 1.78. The lowest BCUT2D eigenvalue weighted by molar-refractivity contribution is -0.384. The van der Waals surface area contributed by atoms with E-state index in [9.17, 15) is 18.5 Å². The van der Waals surface area contributed by atoms with Gasteiger partial charge in [0.1, 0.15) is 10.8 Å². The lowest BCUT2D eigenvalue weighted by atomic mass is 10.3. The molecule has 0 aliphatic rings. The number of anilines is 3. The first-order valence-corrected chi connectivity index (χ1v) is 11.3. The second-order valence-corrected chi connectivity index (χ2v) is 8.83. The number of para-hydroxylation sites is 2. The molecule has 0 radical (unpaired) electrons. The van der Waals surface area contributed by atoms with Gasteiger partial charge in [-0.25, -0.2) is 18.4 Å². The number of halogens is 1. The zero-order chi connectivity index (χ0) is 23.6. The predicted octanol–water partition coefficient (Wildman–Crippen LogP) is 4.74. The smallest absolute Gasteiger partial charge is 0.289 e. The van der Waals surface area contributed by atoms with Crippen molar-refractivity contribution in [2.75, 3.05) is 17.1 Å². The highest BCUT2D eigenvalue weighted by molar-refractivity contribution is 7.92. The fourth-order valence-corrected chi connectivity index (χ4v) is 4.20. The van der Waals surface area contributed by atoms with Gasteiger partial charge in [0.15, 0.2) is 11.6 Å². The van der Waals surface area contributed by atoms with Crippen LogP contribution in [0, 0.1) is 10.1 Å². The Morgan fingerprint density at radius 2 is 1.67 bits per heavy atom. The van der Waals surface area contributed by atoms with Crippen molar-refractivity contribution in [1.82, 2.24) is 9.97 Å². The summed E-state index contributed by atoms with van der Waals surface area (Å²) in [6.07, 6.45) is 0. The molecule has 0 spiro atoms. The van der Waals surface area contributed by atoms with Crippen LogP contribution in [0.2, 0.25) is 5.02 Å². The number of fused-ring (bicyclic) bond motifs is 1. The van der Waals surface area contributed by atoms with E-state index in [2.05, 4.69) is 20.0 Å². The molecule has 33 heavy (non-hydrogen) atoms. The molecule has 1 heterocycles. The van der Waals surface area contributed by atoms with Crippen molar-refractivity contribution in [2.24, 2.45) is 0 Å². The average Bonchev–Trinajstić information content (AvgIpc) is 2.79. The van der Waals surface area contributed by atoms with Crippen molar-refractivity contribution in [3.8, 4) is 5.75 Å². The molecule has 3 aromatic carbocycles. The van der Waals surface area contributed by atoms with Crippen LogP contribution in [-0.4, -0.2) is 30.4 Å². The van der Waals surface area contributed by atoms with E-state index >= 15 is 0 Å². The molecule has 1 aromatic heterocycles. The molecule has 12 heteroatoms. The van der Waals surface area contributed by atoms with Crippen LogP contribution in [0.15, 0.2) is 71.6 Å². The van der Waals surface area contributed by atoms with E-state index in [1.165, 1.54) is 13.2 Å². The fourth-order valence-electron chi connectivity index (χ4n) is 2.98. The highest BCUT2D eigenvalue weighted by Crippen LogP contribution is 2.31. The van der Waals surface area contributed by atoms with Crippen LogP contribution >= 0.6 is 11.6 Å². The van der Waals surface area contributed by atoms with E-state index in [0.717, 1.165) is 12.1 Å². The Morgan fingerprint density at radius 1 is 0.970 bits per heavy atom. The number of rotatable bonds is 7. The van der Waals surface area contributed by atoms with Gasteiger partial charge < -0.3 is 10.1 Å². The van der Waals surface area contributed by atoms with Gasteiger partial charge in [-0.3, -0.25) is 14.8 Å². The maximum atomic E-state index is 13.0. The summed E-state index contributed by atoms with van der Waals surface area (Å²) in [5, 5.41) is 14.0. The number of aromatic nitrogens is 2. The minimum atomic E-state index is -4.26.